The Morgan fingerprint density at radius 3 is 1.03 bits per heavy atom. The number of hydrogen-bond donors (Lipinski definition) is 4. The van der Waals surface area contributed by atoms with Gasteiger partial charge in [-0.1, -0.05) is 212 Å². The van der Waals surface area contributed by atoms with E-state index >= 15 is 19.2 Å². The van der Waals surface area contributed by atoms with Gasteiger partial charge in [-0.2, -0.15) is 0 Å². The lowest BCUT2D eigenvalue weighted by molar-refractivity contribution is -0.156. The molecule has 0 saturated heterocycles. The van der Waals surface area contributed by atoms with Gasteiger partial charge >= 0.3 is 12.1 Å². The van der Waals surface area contributed by atoms with Gasteiger partial charge in [-0.15, -0.1) is 0 Å². The Morgan fingerprint density at radius 2 is 0.686 bits per heavy atom. The quantitative estimate of drug-likeness (QED) is 0.0352. The number of carbonyl (C=O) groups is 7. The first-order valence-electron chi connectivity index (χ1n) is 28.5. The molecular weight excluding hydrogens is 1080 g/mol. The molecule has 442 valence electrons. The Kier molecular flexibility index (Phi) is 22.7. The van der Waals surface area contributed by atoms with E-state index in [0.29, 0.717) is 22.4 Å². The van der Waals surface area contributed by atoms with Crippen LogP contribution in [-0.2, 0) is 90.0 Å². The third-order valence-electron chi connectivity index (χ3n) is 14.9. The number of nitrogens with zero attached hydrogens (tertiary/aromatic N) is 4. The summed E-state index contributed by atoms with van der Waals surface area (Å²) in [4.78, 5) is 115. The van der Waals surface area contributed by atoms with Crippen LogP contribution in [0.25, 0.3) is 0 Å². The number of aromatic amines is 1. The highest BCUT2D eigenvalue weighted by molar-refractivity contribution is 5.97. The number of hydrogen-bond acceptors (Lipinski definition) is 10. The number of rotatable bonds is 28. The number of imidazole rings is 1. The van der Waals surface area contributed by atoms with Crippen molar-refractivity contribution in [3.63, 3.8) is 0 Å². The third kappa shape index (κ3) is 18.2. The topological polar surface area (TPSA) is 212 Å². The number of esters is 1. The van der Waals surface area contributed by atoms with E-state index in [0.717, 1.165) is 22.3 Å². The number of H-pyrrole nitrogens is 1. The number of benzene rings is 7. The van der Waals surface area contributed by atoms with Crippen molar-refractivity contribution in [1.29, 1.82) is 0 Å². The lowest BCUT2D eigenvalue weighted by atomic mass is 9.98. The van der Waals surface area contributed by atoms with Crippen molar-refractivity contribution in [2.45, 2.75) is 88.0 Å². The molecule has 8 rings (SSSR count). The molecule has 6 atom stereocenters. The fraction of sp³-hybridized carbons (Fsp3) is 0.246. The fourth-order valence-electron chi connectivity index (χ4n) is 10.1. The second kappa shape index (κ2) is 31.5. The molecule has 0 fully saturated rings. The Balaban J connectivity index is 1.09. The first-order valence-corrected chi connectivity index (χ1v) is 28.5. The van der Waals surface area contributed by atoms with Crippen LogP contribution in [0.1, 0.15) is 44.6 Å². The van der Waals surface area contributed by atoms with E-state index in [4.69, 9.17) is 9.47 Å². The van der Waals surface area contributed by atoms with Gasteiger partial charge < -0.3 is 45.1 Å². The second-order valence-electron chi connectivity index (χ2n) is 21.1. The van der Waals surface area contributed by atoms with Crippen molar-refractivity contribution >= 4 is 41.6 Å². The van der Waals surface area contributed by atoms with E-state index in [1.807, 2.05) is 200 Å². The van der Waals surface area contributed by atoms with Crippen LogP contribution >= 0.6 is 0 Å². The summed E-state index contributed by atoms with van der Waals surface area (Å²) in [5.74, 6) is -3.84. The zero-order valence-electron chi connectivity index (χ0n) is 48.4. The fourth-order valence-corrected chi connectivity index (χ4v) is 10.1. The summed E-state index contributed by atoms with van der Waals surface area (Å²) >= 11 is 0. The second-order valence-corrected chi connectivity index (χ2v) is 21.1. The maximum atomic E-state index is 15.5. The molecule has 7 aromatic carbocycles. The van der Waals surface area contributed by atoms with Gasteiger partial charge in [0.05, 0.1) is 6.33 Å². The molecule has 0 saturated carbocycles. The van der Waals surface area contributed by atoms with Crippen LogP contribution in [0.3, 0.4) is 0 Å². The Labute approximate surface area is 501 Å². The van der Waals surface area contributed by atoms with Crippen molar-refractivity contribution in [3.8, 4) is 0 Å². The summed E-state index contributed by atoms with van der Waals surface area (Å²) in [6.45, 7) is -0.0790. The molecule has 0 aliphatic rings. The van der Waals surface area contributed by atoms with Crippen LogP contribution in [0, 0.1) is 0 Å². The van der Waals surface area contributed by atoms with Gasteiger partial charge in [-0.3, -0.25) is 24.0 Å². The molecule has 17 heteroatoms. The van der Waals surface area contributed by atoms with E-state index in [-0.39, 0.29) is 51.7 Å². The van der Waals surface area contributed by atoms with E-state index in [1.54, 1.807) is 12.1 Å². The molecule has 0 aliphatic heterocycles. The summed E-state index contributed by atoms with van der Waals surface area (Å²) in [7, 11) is 4.47. The first kappa shape index (κ1) is 61.9. The van der Waals surface area contributed by atoms with Crippen LogP contribution in [0.15, 0.2) is 225 Å². The summed E-state index contributed by atoms with van der Waals surface area (Å²) in [5.41, 5.74) is 5.64. The largest absolute Gasteiger partial charge is 0.459 e. The van der Waals surface area contributed by atoms with Crippen LogP contribution in [0.5, 0.6) is 0 Å². The monoisotopic (exact) mass is 1160 g/mol. The van der Waals surface area contributed by atoms with Gasteiger partial charge in [0.1, 0.15) is 49.5 Å². The lowest BCUT2D eigenvalue weighted by Crippen LogP contribution is -2.61. The van der Waals surface area contributed by atoms with Gasteiger partial charge in [0.25, 0.3) is 0 Å². The summed E-state index contributed by atoms with van der Waals surface area (Å²) < 4.78 is 11.4. The number of amides is 6. The van der Waals surface area contributed by atoms with Crippen molar-refractivity contribution in [2.75, 3.05) is 21.1 Å². The van der Waals surface area contributed by atoms with Crippen LogP contribution in [0.4, 0.5) is 4.79 Å². The summed E-state index contributed by atoms with van der Waals surface area (Å²) in [5, 5.41) is 8.74. The van der Waals surface area contributed by atoms with E-state index < -0.39 is 77.8 Å². The van der Waals surface area contributed by atoms with Crippen molar-refractivity contribution in [2.24, 2.45) is 0 Å². The highest BCUT2D eigenvalue weighted by Crippen LogP contribution is 2.20. The van der Waals surface area contributed by atoms with E-state index in [2.05, 4.69) is 25.9 Å². The normalized spacial score (nSPS) is 13.0. The molecule has 4 N–H and O–H groups in total. The molecular formula is C69H72N8O9. The molecule has 1 heterocycles. The molecule has 86 heavy (non-hydrogen) atoms. The zero-order chi connectivity index (χ0) is 60.6. The zero-order valence-corrected chi connectivity index (χ0v) is 48.4. The number of ether oxygens (including phenoxy) is 2. The van der Waals surface area contributed by atoms with Crippen molar-refractivity contribution < 1.29 is 43.0 Å². The lowest BCUT2D eigenvalue weighted by Gasteiger charge is -2.35. The molecule has 0 unspecified atom stereocenters. The number of likely N-dealkylation sites (N-methyl/N-ethyl adjacent to an activating group) is 3. The smallest absolute Gasteiger partial charge is 0.408 e. The summed E-state index contributed by atoms with van der Waals surface area (Å²) in [6.07, 6.45) is 2.22. The van der Waals surface area contributed by atoms with E-state index in [9.17, 15) is 14.4 Å². The number of nitrogens with one attached hydrogen (secondary N) is 4. The number of aromatic nitrogens is 2. The van der Waals surface area contributed by atoms with Gasteiger partial charge in [0.15, 0.2) is 0 Å². The molecule has 0 radical (unpaired) electrons. The van der Waals surface area contributed by atoms with Crippen LogP contribution < -0.4 is 16.0 Å². The van der Waals surface area contributed by atoms with Gasteiger partial charge in [-0.25, -0.2) is 14.6 Å². The standard InChI is InChI=1S/C69H72N8O9/c1-75(60(41-51-29-15-6-16-30-51)63(78)73-58(40-50-27-13-5-14-28-50)66(81)77(3)62(43-53-33-19-8-20-34-53)68(83)85-46-54-35-21-9-22-36-54)65(80)57(39-49-25-11-4-12-26-49)72-64(79)61(42-52-31-17-7-18-32-52)76(2)67(82)59(44-56-45-70-48-71-56)74-69(84)86-47-55-37-23-10-24-38-55/h4-38,45,48,57-62H,39-44,46-47H2,1-3H3,(H,70,71)(H,72,79)(H,73,78)(H,74,84)/t57-,58-,59-,60+,61+,62+/m0/s1. The minimum absolute atomic E-state index is 0.00216. The van der Waals surface area contributed by atoms with Gasteiger partial charge in [0, 0.05) is 71.6 Å². The molecule has 17 nitrogen and oxygen atoms in total. The maximum absolute atomic E-state index is 15.5. The molecule has 0 spiro atoms. The van der Waals surface area contributed by atoms with Crippen molar-refractivity contribution in [3.05, 3.63) is 269 Å². The van der Waals surface area contributed by atoms with E-state index in [1.165, 1.54) is 48.4 Å². The predicted molar refractivity (Wildman–Crippen MR) is 326 cm³/mol. The molecule has 1 aromatic heterocycles. The van der Waals surface area contributed by atoms with Crippen LogP contribution in [-0.4, -0.2) is 124 Å². The average Bonchev–Trinajstić information content (AvgIpc) is 4.16. The number of carbonyl (C=O) groups excluding carboxylic acids is 7. The average molecular weight is 1160 g/mol. The van der Waals surface area contributed by atoms with Crippen molar-refractivity contribution in [1.82, 2.24) is 40.6 Å². The van der Waals surface area contributed by atoms with Gasteiger partial charge in [-0.05, 0) is 38.9 Å². The molecule has 8 aromatic rings. The SMILES string of the molecule is CN(C(=O)[C@H](Cc1cnc[nH]1)NC(=O)OCc1ccccc1)[C@H](Cc1ccccc1)C(=O)N[C@@H](Cc1ccccc1)C(=O)N(C)[C@H](Cc1ccccc1)C(=O)N[C@@H](Cc1ccccc1)C(=O)N(C)[C@H](Cc1ccccc1)C(=O)OCc1ccccc1. The minimum atomic E-state index is -1.32. The Morgan fingerprint density at radius 1 is 0.384 bits per heavy atom. The van der Waals surface area contributed by atoms with Gasteiger partial charge in [0.2, 0.25) is 29.5 Å². The number of alkyl carbamates (subject to hydrolysis) is 1. The van der Waals surface area contributed by atoms with Crippen LogP contribution in [0.2, 0.25) is 0 Å². The molecule has 0 aliphatic carbocycles. The maximum Gasteiger partial charge on any atom is 0.408 e. The highest BCUT2D eigenvalue weighted by Gasteiger charge is 2.40. The highest BCUT2D eigenvalue weighted by atomic mass is 16.5. The minimum Gasteiger partial charge on any atom is -0.459 e. The summed E-state index contributed by atoms with van der Waals surface area (Å²) in [6, 6.07) is 56.6. The molecule has 0 bridgehead atoms. The third-order valence-corrected chi connectivity index (χ3v) is 14.9. The first-order chi connectivity index (χ1) is 41.8. The predicted octanol–water partition coefficient (Wildman–Crippen LogP) is 7.65. The Hall–Kier alpha value is -10.2. The molecule has 6 amide bonds. The Bertz CT molecular complexity index is 3420.